The fraction of sp³-hybridized carbons (Fsp3) is 1.00. The second-order valence-electron chi connectivity index (χ2n) is 5.93. The lowest BCUT2D eigenvalue weighted by Crippen LogP contribution is -2.57. The smallest absolute Gasteiger partial charge is 0.0609 e. The number of piperidine rings is 1. The molecule has 2 saturated heterocycles. The van der Waals surface area contributed by atoms with Crippen molar-refractivity contribution >= 4 is 0 Å². The maximum Gasteiger partial charge on any atom is 0.0609 e. The predicted molar refractivity (Wildman–Crippen MR) is 60.2 cm³/mol. The summed E-state index contributed by atoms with van der Waals surface area (Å²) in [6.07, 6.45) is 4.86. The molecule has 0 aromatic carbocycles. The zero-order valence-electron chi connectivity index (χ0n) is 9.84. The van der Waals surface area contributed by atoms with E-state index in [4.69, 9.17) is 0 Å². The summed E-state index contributed by atoms with van der Waals surface area (Å²) in [4.78, 5) is 2.63. The van der Waals surface area contributed by atoms with Gasteiger partial charge in [0.25, 0.3) is 0 Å². The summed E-state index contributed by atoms with van der Waals surface area (Å²) < 4.78 is 0. The van der Waals surface area contributed by atoms with Crippen molar-refractivity contribution in [3.8, 4) is 0 Å². The molecule has 2 fully saturated rings. The van der Waals surface area contributed by atoms with Gasteiger partial charge in [-0.3, -0.25) is 4.90 Å². The molecule has 1 unspecified atom stereocenters. The zero-order valence-corrected chi connectivity index (χ0v) is 9.84. The Morgan fingerprint density at radius 3 is 2.00 bits per heavy atom. The molecule has 0 radical (unpaired) electrons. The van der Waals surface area contributed by atoms with Crippen molar-refractivity contribution in [3.63, 3.8) is 0 Å². The molecule has 0 amide bonds. The number of hydrogen-bond acceptors (Lipinski definition) is 2. The zero-order chi connectivity index (χ0) is 10.2. The van der Waals surface area contributed by atoms with Crippen molar-refractivity contribution in [3.05, 3.63) is 0 Å². The van der Waals surface area contributed by atoms with E-state index in [-0.39, 0.29) is 0 Å². The first kappa shape index (κ1) is 10.4. The molecule has 2 nitrogen and oxygen atoms in total. The van der Waals surface area contributed by atoms with Gasteiger partial charge >= 0.3 is 0 Å². The molecule has 0 saturated carbocycles. The third kappa shape index (κ3) is 2.12. The summed E-state index contributed by atoms with van der Waals surface area (Å²) in [6.45, 7) is 11.0. The Balaban J connectivity index is 1.80. The van der Waals surface area contributed by atoms with E-state index < -0.39 is 0 Å². The molecule has 2 heterocycles. The van der Waals surface area contributed by atoms with Gasteiger partial charge in [-0.25, -0.2) is 0 Å². The molecule has 0 aromatic heterocycles. The second-order valence-corrected chi connectivity index (χ2v) is 5.93. The van der Waals surface area contributed by atoms with Gasteiger partial charge in [-0.1, -0.05) is 20.8 Å². The van der Waals surface area contributed by atoms with E-state index in [9.17, 15) is 0 Å². The van der Waals surface area contributed by atoms with Gasteiger partial charge in [-0.05, 0) is 50.2 Å². The molecule has 0 bridgehead atoms. The molecule has 2 rings (SSSR count). The topological polar surface area (TPSA) is 15.3 Å². The highest BCUT2D eigenvalue weighted by molar-refractivity contribution is 4.85. The summed E-state index contributed by atoms with van der Waals surface area (Å²) in [5.41, 5.74) is 0.513. The van der Waals surface area contributed by atoms with E-state index >= 15 is 0 Å². The minimum absolute atomic E-state index is 0.513. The Kier molecular flexibility index (Phi) is 2.85. The van der Waals surface area contributed by atoms with Crippen LogP contribution in [0.4, 0.5) is 0 Å². The first-order valence-corrected chi connectivity index (χ1v) is 6.05. The Morgan fingerprint density at radius 2 is 1.64 bits per heavy atom. The Labute approximate surface area is 88.1 Å². The first-order valence-electron chi connectivity index (χ1n) is 6.05. The van der Waals surface area contributed by atoms with Crippen LogP contribution in [-0.4, -0.2) is 30.7 Å². The van der Waals surface area contributed by atoms with E-state index in [1.807, 2.05) is 0 Å². The molecule has 2 aliphatic heterocycles. The van der Waals surface area contributed by atoms with Crippen LogP contribution in [0.3, 0.4) is 0 Å². The molecule has 82 valence electrons. The number of rotatable bonds is 1. The molecule has 0 spiro atoms. The molecule has 0 aromatic rings. The summed E-state index contributed by atoms with van der Waals surface area (Å²) in [5, 5.41) is 3.49. The molecule has 0 aliphatic carbocycles. The minimum atomic E-state index is 0.513. The Hall–Kier alpha value is -0.0800. The average Bonchev–Trinajstić information content (AvgIpc) is 2.00. The normalized spacial score (nSPS) is 31.5. The maximum absolute atomic E-state index is 3.49. The third-order valence-electron chi connectivity index (χ3n) is 3.99. The largest absolute Gasteiger partial charge is 0.302 e. The van der Waals surface area contributed by atoms with E-state index in [1.165, 1.54) is 38.9 Å². The van der Waals surface area contributed by atoms with Crippen molar-refractivity contribution < 1.29 is 0 Å². The monoisotopic (exact) mass is 196 g/mol. The van der Waals surface area contributed by atoms with Crippen molar-refractivity contribution in [2.24, 2.45) is 11.3 Å². The van der Waals surface area contributed by atoms with Gasteiger partial charge in [0.05, 0.1) is 6.17 Å². The lowest BCUT2D eigenvalue weighted by atomic mass is 9.75. The van der Waals surface area contributed by atoms with E-state index in [0.717, 1.165) is 12.1 Å². The summed E-state index contributed by atoms with van der Waals surface area (Å²) in [5.74, 6) is 0.929. The number of likely N-dealkylation sites (tertiary alicyclic amines) is 1. The first-order chi connectivity index (χ1) is 6.57. The van der Waals surface area contributed by atoms with Crippen LogP contribution in [0, 0.1) is 11.3 Å². The molecular formula is C12H24N2. The van der Waals surface area contributed by atoms with Crippen LogP contribution in [0.2, 0.25) is 0 Å². The molecule has 1 atom stereocenters. The summed E-state index contributed by atoms with van der Waals surface area (Å²) in [7, 11) is 0. The fourth-order valence-corrected chi connectivity index (χ4v) is 2.66. The van der Waals surface area contributed by atoms with Crippen LogP contribution in [-0.2, 0) is 0 Å². The molecular weight excluding hydrogens is 172 g/mol. The van der Waals surface area contributed by atoms with Crippen LogP contribution in [0.1, 0.15) is 40.0 Å². The van der Waals surface area contributed by atoms with Gasteiger partial charge < -0.3 is 5.32 Å². The molecule has 14 heavy (non-hydrogen) atoms. The van der Waals surface area contributed by atoms with Crippen molar-refractivity contribution in [2.45, 2.75) is 46.2 Å². The number of nitrogens with one attached hydrogen (secondary N) is 1. The van der Waals surface area contributed by atoms with Gasteiger partial charge in [-0.2, -0.15) is 0 Å². The lowest BCUT2D eigenvalue weighted by molar-refractivity contribution is 0.0431. The Bertz CT molecular complexity index is 183. The molecule has 2 aliphatic rings. The second kappa shape index (κ2) is 3.82. The summed E-state index contributed by atoms with van der Waals surface area (Å²) in [6, 6.07) is 0. The standard InChI is InChI=1S/C12H24N2/c1-12(2,3)10-5-8-14(9-6-10)11-4-7-13-11/h10-11,13H,4-9H2,1-3H3. The predicted octanol–water partition coefficient (Wildman–Crippen LogP) is 2.06. The van der Waals surface area contributed by atoms with Crippen molar-refractivity contribution in [1.82, 2.24) is 10.2 Å². The molecule has 1 N–H and O–H groups in total. The van der Waals surface area contributed by atoms with E-state index in [1.54, 1.807) is 0 Å². The molecule has 2 heteroatoms. The van der Waals surface area contributed by atoms with Crippen LogP contribution in [0.15, 0.2) is 0 Å². The average molecular weight is 196 g/mol. The van der Waals surface area contributed by atoms with E-state index in [0.29, 0.717) is 5.41 Å². The maximum atomic E-state index is 3.49. The summed E-state index contributed by atoms with van der Waals surface area (Å²) >= 11 is 0. The van der Waals surface area contributed by atoms with Crippen molar-refractivity contribution in [1.29, 1.82) is 0 Å². The van der Waals surface area contributed by atoms with Gasteiger partial charge in [0, 0.05) is 0 Å². The van der Waals surface area contributed by atoms with Crippen LogP contribution in [0.25, 0.3) is 0 Å². The number of hydrogen-bond donors (Lipinski definition) is 1. The highest BCUT2D eigenvalue weighted by atomic mass is 15.3. The van der Waals surface area contributed by atoms with Crippen LogP contribution < -0.4 is 5.32 Å². The van der Waals surface area contributed by atoms with Gasteiger partial charge in [-0.15, -0.1) is 0 Å². The van der Waals surface area contributed by atoms with E-state index in [2.05, 4.69) is 31.0 Å². The SMILES string of the molecule is CC(C)(C)C1CCN(C2CCN2)CC1. The fourth-order valence-electron chi connectivity index (χ4n) is 2.66. The van der Waals surface area contributed by atoms with Crippen LogP contribution >= 0.6 is 0 Å². The lowest BCUT2D eigenvalue weighted by Gasteiger charge is -2.45. The Morgan fingerprint density at radius 1 is 1.07 bits per heavy atom. The minimum Gasteiger partial charge on any atom is -0.302 e. The van der Waals surface area contributed by atoms with Gasteiger partial charge in [0.1, 0.15) is 0 Å². The highest BCUT2D eigenvalue weighted by Gasteiger charge is 2.32. The van der Waals surface area contributed by atoms with Crippen molar-refractivity contribution in [2.75, 3.05) is 19.6 Å². The van der Waals surface area contributed by atoms with Gasteiger partial charge in [0.2, 0.25) is 0 Å². The number of nitrogens with zero attached hydrogens (tertiary/aromatic N) is 1. The third-order valence-corrected chi connectivity index (χ3v) is 3.99. The highest BCUT2D eigenvalue weighted by Crippen LogP contribution is 2.34. The van der Waals surface area contributed by atoms with Crippen LogP contribution in [0.5, 0.6) is 0 Å². The quantitative estimate of drug-likeness (QED) is 0.690. The van der Waals surface area contributed by atoms with Gasteiger partial charge in [0.15, 0.2) is 0 Å².